The molecule has 1 atom stereocenters. The fourth-order valence-corrected chi connectivity index (χ4v) is 2.17. The maximum atomic E-state index is 5.24. The Morgan fingerprint density at radius 3 is 2.85 bits per heavy atom. The average Bonchev–Trinajstić information content (AvgIpc) is 2.49. The number of rotatable bonds is 10. The third-order valence-electron chi connectivity index (χ3n) is 3.54. The number of aromatic nitrogens is 1. The molecule has 0 bridgehead atoms. The molecule has 1 heterocycles. The highest BCUT2D eigenvalue weighted by atomic mass is 16.5. The summed E-state index contributed by atoms with van der Waals surface area (Å²) in [5, 5.41) is 3.46. The molecule has 0 amide bonds. The molecule has 4 nitrogen and oxygen atoms in total. The van der Waals surface area contributed by atoms with Crippen LogP contribution in [0.25, 0.3) is 0 Å². The van der Waals surface area contributed by atoms with Gasteiger partial charge in [0.25, 0.3) is 0 Å². The van der Waals surface area contributed by atoms with Crippen molar-refractivity contribution < 1.29 is 4.74 Å². The number of ether oxygens (including phenoxy) is 1. The van der Waals surface area contributed by atoms with E-state index in [1.165, 1.54) is 5.56 Å². The van der Waals surface area contributed by atoms with Gasteiger partial charge in [-0.2, -0.15) is 0 Å². The van der Waals surface area contributed by atoms with Gasteiger partial charge in [0.15, 0.2) is 0 Å². The Bertz CT molecular complexity index is 370. The monoisotopic (exact) mass is 279 g/mol. The van der Waals surface area contributed by atoms with E-state index in [9.17, 15) is 0 Å². The molecule has 1 unspecified atom stereocenters. The minimum atomic E-state index is 0.463. The minimum Gasteiger partial charge on any atom is -0.383 e. The van der Waals surface area contributed by atoms with E-state index in [2.05, 4.69) is 42.0 Å². The van der Waals surface area contributed by atoms with Gasteiger partial charge in [0.1, 0.15) is 5.82 Å². The summed E-state index contributed by atoms with van der Waals surface area (Å²) in [7, 11) is 1.75. The van der Waals surface area contributed by atoms with Crippen LogP contribution < -0.4 is 10.2 Å². The third-order valence-corrected chi connectivity index (χ3v) is 3.54. The highest BCUT2D eigenvalue weighted by Gasteiger charge is 2.17. The summed E-state index contributed by atoms with van der Waals surface area (Å²) in [6.45, 7) is 10.1. The Morgan fingerprint density at radius 1 is 1.40 bits per heavy atom. The summed E-state index contributed by atoms with van der Waals surface area (Å²) in [6, 6.07) is 4.63. The van der Waals surface area contributed by atoms with Crippen LogP contribution in [-0.2, 0) is 11.3 Å². The van der Waals surface area contributed by atoms with Gasteiger partial charge in [-0.05, 0) is 32.4 Å². The van der Waals surface area contributed by atoms with Crippen LogP contribution in [0.5, 0.6) is 0 Å². The Morgan fingerprint density at radius 2 is 2.20 bits per heavy atom. The second kappa shape index (κ2) is 9.72. The molecule has 0 radical (unpaired) electrons. The first-order valence-electron chi connectivity index (χ1n) is 7.64. The molecular weight excluding hydrogens is 250 g/mol. The lowest BCUT2D eigenvalue weighted by Crippen LogP contribution is -2.37. The first-order valence-corrected chi connectivity index (χ1v) is 7.64. The number of methoxy groups -OCH3 is 1. The fraction of sp³-hybridized carbons (Fsp3) is 0.688. The number of hydrogen-bond acceptors (Lipinski definition) is 4. The molecule has 20 heavy (non-hydrogen) atoms. The van der Waals surface area contributed by atoms with Crippen molar-refractivity contribution in [2.75, 3.05) is 31.7 Å². The second-order valence-corrected chi connectivity index (χ2v) is 5.11. The maximum Gasteiger partial charge on any atom is 0.133 e. The van der Waals surface area contributed by atoms with Crippen molar-refractivity contribution in [3.05, 3.63) is 23.9 Å². The topological polar surface area (TPSA) is 37.4 Å². The summed E-state index contributed by atoms with van der Waals surface area (Å²) >= 11 is 0. The molecule has 1 aromatic rings. The van der Waals surface area contributed by atoms with Crippen LogP contribution in [-0.4, -0.2) is 37.8 Å². The number of pyridine rings is 1. The first kappa shape index (κ1) is 16.9. The molecule has 1 rings (SSSR count). The smallest absolute Gasteiger partial charge is 0.133 e. The zero-order valence-electron chi connectivity index (χ0n) is 13.4. The lowest BCUT2D eigenvalue weighted by atomic mass is 10.1. The molecule has 1 N–H and O–H groups in total. The molecule has 0 spiro atoms. The Kier molecular flexibility index (Phi) is 8.23. The Hall–Kier alpha value is -1.13. The van der Waals surface area contributed by atoms with Crippen LogP contribution in [0.3, 0.4) is 0 Å². The van der Waals surface area contributed by atoms with Gasteiger partial charge < -0.3 is 15.0 Å². The summed E-state index contributed by atoms with van der Waals surface area (Å²) in [6.07, 6.45) is 4.12. The van der Waals surface area contributed by atoms with Crippen LogP contribution >= 0.6 is 0 Å². The van der Waals surface area contributed by atoms with E-state index in [-0.39, 0.29) is 0 Å². The predicted molar refractivity (Wildman–Crippen MR) is 85.2 cm³/mol. The normalized spacial score (nSPS) is 12.4. The highest BCUT2D eigenvalue weighted by molar-refractivity contribution is 5.47. The predicted octanol–water partition coefficient (Wildman–Crippen LogP) is 2.83. The molecule has 114 valence electrons. The van der Waals surface area contributed by atoms with Crippen molar-refractivity contribution in [2.45, 2.75) is 46.2 Å². The average molecular weight is 279 g/mol. The molecule has 0 aliphatic heterocycles. The first-order chi connectivity index (χ1) is 9.74. The molecule has 0 fully saturated rings. The largest absolute Gasteiger partial charge is 0.383 e. The van der Waals surface area contributed by atoms with E-state index < -0.39 is 0 Å². The van der Waals surface area contributed by atoms with Gasteiger partial charge in [0, 0.05) is 38.0 Å². The summed E-state index contributed by atoms with van der Waals surface area (Å²) < 4.78 is 5.24. The van der Waals surface area contributed by atoms with Crippen molar-refractivity contribution in [2.24, 2.45) is 0 Å². The zero-order valence-corrected chi connectivity index (χ0v) is 13.4. The van der Waals surface area contributed by atoms with Crippen molar-refractivity contribution in [3.8, 4) is 0 Å². The van der Waals surface area contributed by atoms with Gasteiger partial charge in [-0.15, -0.1) is 0 Å². The Balaban J connectivity index is 2.87. The highest BCUT2D eigenvalue weighted by Crippen LogP contribution is 2.20. The summed E-state index contributed by atoms with van der Waals surface area (Å²) in [4.78, 5) is 6.96. The number of nitrogens with zero attached hydrogens (tertiary/aromatic N) is 2. The Labute approximate surface area is 123 Å². The zero-order chi connectivity index (χ0) is 14.8. The van der Waals surface area contributed by atoms with Crippen LogP contribution in [0.4, 0.5) is 5.82 Å². The van der Waals surface area contributed by atoms with E-state index in [4.69, 9.17) is 4.74 Å². The lowest BCUT2D eigenvalue weighted by molar-refractivity contribution is 0.203. The second-order valence-electron chi connectivity index (χ2n) is 5.11. The molecule has 0 aliphatic carbocycles. The van der Waals surface area contributed by atoms with E-state index >= 15 is 0 Å². The number of anilines is 1. The lowest BCUT2D eigenvalue weighted by Gasteiger charge is -2.31. The quantitative estimate of drug-likeness (QED) is 0.668. The van der Waals surface area contributed by atoms with Crippen LogP contribution in [0.2, 0.25) is 0 Å². The minimum absolute atomic E-state index is 0.463. The van der Waals surface area contributed by atoms with E-state index in [0.29, 0.717) is 6.04 Å². The SMILES string of the molecule is CCCNCc1cccnc1N(CCOC)C(C)CC. The molecule has 0 aliphatic rings. The van der Waals surface area contributed by atoms with Crippen molar-refractivity contribution in [1.82, 2.24) is 10.3 Å². The van der Waals surface area contributed by atoms with Gasteiger partial charge in [-0.1, -0.05) is 19.9 Å². The number of nitrogens with one attached hydrogen (secondary N) is 1. The number of hydrogen-bond donors (Lipinski definition) is 1. The van der Waals surface area contributed by atoms with E-state index in [1.807, 2.05) is 12.3 Å². The van der Waals surface area contributed by atoms with E-state index in [1.54, 1.807) is 7.11 Å². The van der Waals surface area contributed by atoms with E-state index in [0.717, 1.165) is 44.9 Å². The molecule has 4 heteroatoms. The van der Waals surface area contributed by atoms with Crippen LogP contribution in [0, 0.1) is 0 Å². The molecule has 1 aromatic heterocycles. The van der Waals surface area contributed by atoms with Crippen LogP contribution in [0.1, 0.15) is 39.2 Å². The van der Waals surface area contributed by atoms with Gasteiger partial charge in [-0.25, -0.2) is 4.98 Å². The molecule has 0 aromatic carbocycles. The van der Waals surface area contributed by atoms with Crippen molar-refractivity contribution in [1.29, 1.82) is 0 Å². The van der Waals surface area contributed by atoms with Gasteiger partial charge in [0.05, 0.1) is 6.61 Å². The molecule has 0 saturated carbocycles. The van der Waals surface area contributed by atoms with Gasteiger partial charge >= 0.3 is 0 Å². The summed E-state index contributed by atoms with van der Waals surface area (Å²) in [5.41, 5.74) is 1.26. The van der Waals surface area contributed by atoms with Crippen LogP contribution in [0.15, 0.2) is 18.3 Å². The van der Waals surface area contributed by atoms with Gasteiger partial charge in [-0.3, -0.25) is 0 Å². The third kappa shape index (κ3) is 5.10. The summed E-state index contributed by atoms with van der Waals surface area (Å²) in [5.74, 6) is 1.09. The maximum absolute atomic E-state index is 5.24. The molecule has 0 saturated heterocycles. The van der Waals surface area contributed by atoms with Gasteiger partial charge in [0.2, 0.25) is 0 Å². The fourth-order valence-electron chi connectivity index (χ4n) is 2.17. The standard InChI is InChI=1S/C16H29N3O/c1-5-9-17-13-15-8-7-10-18-16(15)19(11-12-20-4)14(3)6-2/h7-8,10,14,17H,5-6,9,11-13H2,1-4H3. The van der Waals surface area contributed by atoms with Crippen molar-refractivity contribution in [3.63, 3.8) is 0 Å². The van der Waals surface area contributed by atoms with Crippen molar-refractivity contribution >= 4 is 5.82 Å². The molecular formula is C16H29N3O.